The molecule has 0 fully saturated rings. The maximum absolute atomic E-state index is 14.3. The molecule has 0 spiro atoms. The number of carbonyl (C=O) groups excluding carboxylic acids is 1. The molecule has 6 nitrogen and oxygen atoms in total. The molecule has 1 N–H and O–H groups in total. The average Bonchev–Trinajstić information content (AvgIpc) is 3.09. The molecule has 5 rings (SSSR count). The molecular formula is C24H25FN4O2. The van der Waals surface area contributed by atoms with E-state index in [2.05, 4.69) is 15.3 Å². The van der Waals surface area contributed by atoms with Gasteiger partial charge in [0.25, 0.3) is 0 Å². The van der Waals surface area contributed by atoms with Gasteiger partial charge < -0.3 is 10.1 Å². The van der Waals surface area contributed by atoms with Crippen molar-refractivity contribution in [2.24, 2.45) is 0 Å². The van der Waals surface area contributed by atoms with Crippen LogP contribution in [0.15, 0.2) is 54.7 Å². The Morgan fingerprint density at radius 3 is 2.94 bits per heavy atom. The molecule has 1 aliphatic heterocycles. The molecule has 1 amide bonds. The van der Waals surface area contributed by atoms with Gasteiger partial charge in [0.05, 0.1) is 18.8 Å². The van der Waals surface area contributed by atoms with E-state index in [1.54, 1.807) is 29.1 Å². The smallest absolute Gasteiger partial charge is 0.234 e. The summed E-state index contributed by atoms with van der Waals surface area (Å²) in [6, 6.07) is 14.5. The molecule has 0 saturated carbocycles. The third-order valence-corrected chi connectivity index (χ3v) is 6.00. The zero-order chi connectivity index (χ0) is 21.2. The fraction of sp³-hybridized carbons (Fsp3) is 0.333. The van der Waals surface area contributed by atoms with Crippen molar-refractivity contribution in [1.82, 2.24) is 20.0 Å². The first kappa shape index (κ1) is 19.8. The Bertz CT molecular complexity index is 1100. The molecular weight excluding hydrogens is 395 g/mol. The lowest BCUT2D eigenvalue weighted by Crippen LogP contribution is -2.40. The summed E-state index contributed by atoms with van der Waals surface area (Å²) in [4.78, 5) is 15.0. The summed E-state index contributed by atoms with van der Waals surface area (Å²) in [6.45, 7) is 2.26. The number of rotatable bonds is 4. The topological polar surface area (TPSA) is 59.4 Å². The predicted molar refractivity (Wildman–Crippen MR) is 115 cm³/mol. The van der Waals surface area contributed by atoms with Gasteiger partial charge >= 0.3 is 0 Å². The van der Waals surface area contributed by atoms with Gasteiger partial charge in [-0.2, -0.15) is 5.10 Å². The number of benzene rings is 2. The third-order valence-electron chi connectivity index (χ3n) is 6.00. The molecule has 31 heavy (non-hydrogen) atoms. The number of nitrogens with one attached hydrogen (secondary N) is 1. The second-order valence-electron chi connectivity index (χ2n) is 8.09. The Hall–Kier alpha value is -3.19. The SMILES string of the molecule is O=C(CN1CCOc2ccccc2C1)N[C@@H]1CCCc2c1cnn2-c1ccccc1F. The first-order chi connectivity index (χ1) is 15.2. The summed E-state index contributed by atoms with van der Waals surface area (Å²) < 4.78 is 21.8. The number of ether oxygens (including phenoxy) is 1. The highest BCUT2D eigenvalue weighted by molar-refractivity contribution is 5.78. The third kappa shape index (κ3) is 4.05. The number of amides is 1. The summed E-state index contributed by atoms with van der Waals surface area (Å²) in [5.74, 6) is 0.571. The number of halogens is 1. The van der Waals surface area contributed by atoms with Crippen LogP contribution < -0.4 is 10.1 Å². The van der Waals surface area contributed by atoms with E-state index in [-0.39, 0.29) is 17.8 Å². The van der Waals surface area contributed by atoms with Crippen LogP contribution in [0.25, 0.3) is 5.69 Å². The fourth-order valence-electron chi connectivity index (χ4n) is 4.50. The minimum Gasteiger partial charge on any atom is -0.492 e. The summed E-state index contributed by atoms with van der Waals surface area (Å²) >= 11 is 0. The van der Waals surface area contributed by atoms with Crippen LogP contribution in [0, 0.1) is 5.82 Å². The molecule has 0 saturated heterocycles. The normalized spacial score (nSPS) is 18.4. The van der Waals surface area contributed by atoms with Crippen molar-refractivity contribution in [3.05, 3.63) is 77.4 Å². The maximum Gasteiger partial charge on any atom is 0.234 e. The van der Waals surface area contributed by atoms with Gasteiger partial charge in [-0.15, -0.1) is 0 Å². The van der Waals surface area contributed by atoms with E-state index in [4.69, 9.17) is 4.74 Å². The Labute approximate surface area is 180 Å². The van der Waals surface area contributed by atoms with Crippen LogP contribution in [0.1, 0.15) is 35.7 Å². The van der Waals surface area contributed by atoms with Gasteiger partial charge in [0.15, 0.2) is 0 Å². The van der Waals surface area contributed by atoms with Gasteiger partial charge in [0.2, 0.25) is 5.91 Å². The molecule has 2 heterocycles. The molecule has 0 bridgehead atoms. The van der Waals surface area contributed by atoms with Crippen molar-refractivity contribution in [3.8, 4) is 11.4 Å². The fourth-order valence-corrected chi connectivity index (χ4v) is 4.50. The molecule has 3 aromatic rings. The predicted octanol–water partition coefficient (Wildman–Crippen LogP) is 3.40. The van der Waals surface area contributed by atoms with Crippen LogP contribution in [0.4, 0.5) is 4.39 Å². The van der Waals surface area contributed by atoms with Crippen LogP contribution in [-0.4, -0.2) is 40.3 Å². The number of hydrogen-bond donors (Lipinski definition) is 1. The van der Waals surface area contributed by atoms with E-state index in [1.807, 2.05) is 24.3 Å². The second-order valence-corrected chi connectivity index (χ2v) is 8.09. The van der Waals surface area contributed by atoms with Crippen LogP contribution in [0.2, 0.25) is 0 Å². The number of para-hydroxylation sites is 2. The molecule has 2 aromatic carbocycles. The zero-order valence-corrected chi connectivity index (χ0v) is 17.3. The number of hydrogen-bond acceptors (Lipinski definition) is 4. The van der Waals surface area contributed by atoms with Gasteiger partial charge in [0.1, 0.15) is 23.9 Å². The highest BCUT2D eigenvalue weighted by Crippen LogP contribution is 2.31. The van der Waals surface area contributed by atoms with E-state index in [0.717, 1.165) is 41.8 Å². The van der Waals surface area contributed by atoms with Gasteiger partial charge in [-0.05, 0) is 37.5 Å². The minimum atomic E-state index is -0.303. The summed E-state index contributed by atoms with van der Waals surface area (Å²) in [7, 11) is 0. The number of nitrogens with zero attached hydrogens (tertiary/aromatic N) is 3. The molecule has 7 heteroatoms. The first-order valence-electron chi connectivity index (χ1n) is 10.7. The van der Waals surface area contributed by atoms with E-state index >= 15 is 0 Å². The minimum absolute atomic E-state index is 0.0177. The molecule has 2 aliphatic rings. The maximum atomic E-state index is 14.3. The molecule has 1 atom stereocenters. The van der Waals surface area contributed by atoms with Crippen LogP contribution in [0.3, 0.4) is 0 Å². The molecule has 1 aromatic heterocycles. The summed E-state index contributed by atoms with van der Waals surface area (Å²) in [5.41, 5.74) is 3.49. The quantitative estimate of drug-likeness (QED) is 0.703. The Kier molecular flexibility index (Phi) is 5.42. The summed E-state index contributed by atoms with van der Waals surface area (Å²) in [6.07, 6.45) is 4.36. The largest absolute Gasteiger partial charge is 0.492 e. The summed E-state index contributed by atoms with van der Waals surface area (Å²) in [5, 5.41) is 7.62. The van der Waals surface area contributed by atoms with E-state index in [9.17, 15) is 9.18 Å². The Morgan fingerprint density at radius 1 is 1.19 bits per heavy atom. The molecule has 0 radical (unpaired) electrons. The average molecular weight is 420 g/mol. The van der Waals surface area contributed by atoms with Crippen molar-refractivity contribution in [2.75, 3.05) is 19.7 Å². The van der Waals surface area contributed by atoms with Gasteiger partial charge in [0, 0.05) is 29.9 Å². The molecule has 160 valence electrons. The molecule has 0 unspecified atom stereocenters. The highest BCUT2D eigenvalue weighted by Gasteiger charge is 2.27. The van der Waals surface area contributed by atoms with Gasteiger partial charge in [-0.25, -0.2) is 9.07 Å². The van der Waals surface area contributed by atoms with Crippen LogP contribution in [-0.2, 0) is 17.8 Å². The van der Waals surface area contributed by atoms with E-state index < -0.39 is 0 Å². The number of carbonyl (C=O) groups is 1. The zero-order valence-electron chi connectivity index (χ0n) is 17.3. The van der Waals surface area contributed by atoms with E-state index in [1.165, 1.54) is 6.07 Å². The van der Waals surface area contributed by atoms with Crippen LogP contribution >= 0.6 is 0 Å². The highest BCUT2D eigenvalue weighted by atomic mass is 19.1. The van der Waals surface area contributed by atoms with Crippen molar-refractivity contribution in [2.45, 2.75) is 31.8 Å². The van der Waals surface area contributed by atoms with Gasteiger partial charge in [-0.3, -0.25) is 9.69 Å². The first-order valence-corrected chi connectivity index (χ1v) is 10.7. The lowest BCUT2D eigenvalue weighted by Gasteiger charge is -2.26. The lowest BCUT2D eigenvalue weighted by atomic mass is 9.93. The Morgan fingerprint density at radius 2 is 2.03 bits per heavy atom. The van der Waals surface area contributed by atoms with Crippen molar-refractivity contribution < 1.29 is 13.9 Å². The monoisotopic (exact) mass is 420 g/mol. The standard InChI is InChI=1S/C24H25FN4O2/c25-19-7-2-3-9-22(19)29-21-10-5-8-20(18(21)14-26-29)27-24(30)16-28-12-13-31-23-11-4-1-6-17(23)15-28/h1-4,6-7,9,11,14,20H,5,8,10,12-13,15-16H2,(H,27,30)/t20-/m1/s1. The van der Waals surface area contributed by atoms with E-state index in [0.29, 0.717) is 31.9 Å². The Balaban J connectivity index is 1.29. The van der Waals surface area contributed by atoms with Crippen molar-refractivity contribution in [1.29, 1.82) is 0 Å². The van der Waals surface area contributed by atoms with Crippen molar-refractivity contribution >= 4 is 5.91 Å². The van der Waals surface area contributed by atoms with Crippen molar-refractivity contribution in [3.63, 3.8) is 0 Å². The second kappa shape index (κ2) is 8.51. The number of aromatic nitrogens is 2. The number of fused-ring (bicyclic) bond motifs is 2. The van der Waals surface area contributed by atoms with Gasteiger partial charge in [-0.1, -0.05) is 30.3 Å². The van der Waals surface area contributed by atoms with Crippen LogP contribution in [0.5, 0.6) is 5.75 Å². The lowest BCUT2D eigenvalue weighted by molar-refractivity contribution is -0.123. The molecule has 1 aliphatic carbocycles.